The van der Waals surface area contributed by atoms with Crippen LogP contribution in [-0.2, 0) is 22.4 Å². The lowest BCUT2D eigenvalue weighted by Crippen LogP contribution is -2.30. The number of imidazole rings is 1. The highest BCUT2D eigenvalue weighted by Crippen LogP contribution is 2.29. The molecule has 3 aromatic rings. The maximum Gasteiger partial charge on any atom is 0.277 e. The van der Waals surface area contributed by atoms with Gasteiger partial charge in [-0.3, -0.25) is 9.69 Å². The summed E-state index contributed by atoms with van der Waals surface area (Å²) in [6.07, 6.45) is 1.66. The van der Waals surface area contributed by atoms with Crippen LogP contribution in [0.25, 0.3) is 16.9 Å². The fourth-order valence-corrected chi connectivity index (χ4v) is 3.85. The second-order valence-corrected chi connectivity index (χ2v) is 7.95. The van der Waals surface area contributed by atoms with E-state index in [0.717, 1.165) is 42.9 Å². The van der Waals surface area contributed by atoms with Crippen LogP contribution in [0.4, 0.5) is 0 Å². The van der Waals surface area contributed by atoms with E-state index >= 15 is 0 Å². The summed E-state index contributed by atoms with van der Waals surface area (Å²) < 4.78 is 18.1. The fraction of sp³-hybridized carbons (Fsp3) is 0.542. The van der Waals surface area contributed by atoms with Crippen LogP contribution >= 0.6 is 0 Å². The van der Waals surface area contributed by atoms with Crippen molar-refractivity contribution >= 4 is 5.52 Å². The minimum absolute atomic E-state index is 0.206. The number of H-pyrrole nitrogens is 1. The molecule has 0 radical (unpaired) electrons. The maximum absolute atomic E-state index is 12.9. The van der Waals surface area contributed by atoms with Crippen LogP contribution in [0, 0.1) is 6.92 Å². The zero-order valence-corrected chi connectivity index (χ0v) is 20.3. The average molecular weight is 458 g/mol. The molecule has 1 N–H and O–H groups in total. The predicted molar refractivity (Wildman–Crippen MR) is 128 cm³/mol. The molecule has 0 atom stereocenters. The first-order chi connectivity index (χ1) is 16.0. The summed E-state index contributed by atoms with van der Waals surface area (Å²) in [6.45, 7) is 9.94. The second kappa shape index (κ2) is 11.9. The molecule has 1 aromatic carbocycles. The Balaban J connectivity index is 2.04. The molecule has 0 amide bonds. The average Bonchev–Trinajstić information content (AvgIpc) is 3.12. The largest absolute Gasteiger partial charge is 0.493 e. The van der Waals surface area contributed by atoms with Gasteiger partial charge < -0.3 is 19.2 Å². The van der Waals surface area contributed by atoms with Crippen molar-refractivity contribution in [2.75, 3.05) is 47.1 Å². The van der Waals surface area contributed by atoms with E-state index in [1.807, 2.05) is 32.0 Å². The first kappa shape index (κ1) is 24.9. The third-order valence-corrected chi connectivity index (χ3v) is 5.44. The van der Waals surface area contributed by atoms with Gasteiger partial charge in [0.05, 0.1) is 31.1 Å². The Morgan fingerprint density at radius 1 is 1.12 bits per heavy atom. The van der Waals surface area contributed by atoms with Gasteiger partial charge in [-0.1, -0.05) is 13.0 Å². The van der Waals surface area contributed by atoms with E-state index in [4.69, 9.17) is 19.3 Å². The molecule has 0 saturated heterocycles. The molecule has 0 aliphatic carbocycles. The van der Waals surface area contributed by atoms with Gasteiger partial charge in [-0.2, -0.15) is 0 Å². The quantitative estimate of drug-likeness (QED) is 0.422. The lowest BCUT2D eigenvalue weighted by molar-refractivity contribution is 0.110. The summed E-state index contributed by atoms with van der Waals surface area (Å²) in [5.41, 5.74) is 2.80. The minimum atomic E-state index is -0.206. The van der Waals surface area contributed by atoms with Crippen LogP contribution in [0.3, 0.4) is 0 Å². The molecule has 9 heteroatoms. The second-order valence-electron chi connectivity index (χ2n) is 7.95. The number of ether oxygens (including phenoxy) is 3. The first-order valence-electron chi connectivity index (χ1n) is 11.5. The van der Waals surface area contributed by atoms with Gasteiger partial charge in [0.15, 0.2) is 11.3 Å². The molecule has 0 spiro atoms. The molecule has 33 heavy (non-hydrogen) atoms. The molecule has 0 aliphatic rings. The van der Waals surface area contributed by atoms with Crippen molar-refractivity contribution in [1.82, 2.24) is 24.5 Å². The van der Waals surface area contributed by atoms with E-state index in [9.17, 15) is 4.79 Å². The number of nitrogens with one attached hydrogen (secondary N) is 1. The number of methoxy groups -OCH3 is 2. The highest BCUT2D eigenvalue weighted by atomic mass is 16.5. The molecule has 0 aliphatic heterocycles. The molecule has 0 unspecified atom stereocenters. The van der Waals surface area contributed by atoms with E-state index in [1.54, 1.807) is 18.7 Å². The summed E-state index contributed by atoms with van der Waals surface area (Å²) in [5, 5.41) is 4.77. The van der Waals surface area contributed by atoms with E-state index in [0.29, 0.717) is 49.1 Å². The zero-order valence-electron chi connectivity index (χ0n) is 20.3. The van der Waals surface area contributed by atoms with Crippen molar-refractivity contribution in [2.24, 2.45) is 0 Å². The van der Waals surface area contributed by atoms with Crippen molar-refractivity contribution in [3.05, 3.63) is 45.6 Å². The van der Waals surface area contributed by atoms with Crippen molar-refractivity contribution in [3.8, 4) is 17.1 Å². The van der Waals surface area contributed by atoms with Gasteiger partial charge in [0.25, 0.3) is 5.56 Å². The molecule has 0 fully saturated rings. The Bertz CT molecular complexity index is 1100. The van der Waals surface area contributed by atoms with Crippen LogP contribution in [0.2, 0.25) is 0 Å². The molecule has 2 aromatic heterocycles. The Morgan fingerprint density at radius 3 is 2.48 bits per heavy atom. The van der Waals surface area contributed by atoms with Crippen LogP contribution < -0.4 is 10.3 Å². The van der Waals surface area contributed by atoms with E-state index in [2.05, 4.69) is 21.8 Å². The van der Waals surface area contributed by atoms with Gasteiger partial charge in [0.2, 0.25) is 0 Å². The first-order valence-corrected chi connectivity index (χ1v) is 11.5. The van der Waals surface area contributed by atoms with Crippen LogP contribution in [0.1, 0.15) is 37.4 Å². The standard InChI is InChI=1S/C24H35N5O4/c1-6-8-21-25-17(3)22-24(30)26-23(27-29(21)22)19-15-18(9-10-20(19)33-7-2)16-28(11-13-31-4)12-14-32-5/h9-10,15H,6-8,11-14,16H2,1-5H3,(H,26,27,30). The summed E-state index contributed by atoms with van der Waals surface area (Å²) in [4.78, 5) is 22.7. The number of hydrogen-bond acceptors (Lipinski definition) is 7. The molecule has 0 saturated carbocycles. The Labute approximate surface area is 194 Å². The van der Waals surface area contributed by atoms with Crippen LogP contribution in [0.5, 0.6) is 5.75 Å². The summed E-state index contributed by atoms with van der Waals surface area (Å²) >= 11 is 0. The van der Waals surface area contributed by atoms with Crippen LogP contribution in [-0.4, -0.2) is 71.6 Å². The van der Waals surface area contributed by atoms with Crippen LogP contribution in [0.15, 0.2) is 23.0 Å². The van der Waals surface area contributed by atoms with E-state index < -0.39 is 0 Å². The monoisotopic (exact) mass is 457 g/mol. The lowest BCUT2D eigenvalue weighted by atomic mass is 10.1. The summed E-state index contributed by atoms with van der Waals surface area (Å²) in [6, 6.07) is 6.02. The predicted octanol–water partition coefficient (Wildman–Crippen LogP) is 2.84. The third-order valence-electron chi connectivity index (χ3n) is 5.44. The van der Waals surface area contributed by atoms with Gasteiger partial charge >= 0.3 is 0 Å². The highest BCUT2D eigenvalue weighted by Gasteiger charge is 2.17. The number of hydrogen-bond donors (Lipinski definition) is 1. The molecule has 0 bridgehead atoms. The van der Waals surface area contributed by atoms with E-state index in [1.165, 1.54) is 0 Å². The minimum Gasteiger partial charge on any atom is -0.493 e. The van der Waals surface area contributed by atoms with Gasteiger partial charge in [-0.05, 0) is 38.0 Å². The number of rotatable bonds is 13. The highest BCUT2D eigenvalue weighted by molar-refractivity contribution is 5.66. The Hall–Kier alpha value is -2.75. The van der Waals surface area contributed by atoms with Gasteiger partial charge in [0, 0.05) is 40.3 Å². The van der Waals surface area contributed by atoms with Gasteiger partial charge in [-0.15, -0.1) is 5.10 Å². The number of aromatic amines is 1. The number of fused-ring (bicyclic) bond motifs is 1. The maximum atomic E-state index is 12.9. The van der Waals surface area contributed by atoms with E-state index in [-0.39, 0.29) is 5.56 Å². The number of nitrogens with zero attached hydrogens (tertiary/aromatic N) is 4. The van der Waals surface area contributed by atoms with Crippen molar-refractivity contribution in [1.29, 1.82) is 0 Å². The van der Waals surface area contributed by atoms with Crippen molar-refractivity contribution in [3.63, 3.8) is 0 Å². The lowest BCUT2D eigenvalue weighted by Gasteiger charge is -2.22. The number of benzene rings is 1. The Kier molecular flexibility index (Phi) is 8.99. The smallest absolute Gasteiger partial charge is 0.277 e. The fourth-order valence-electron chi connectivity index (χ4n) is 3.85. The molecule has 3 rings (SSSR count). The molecule has 2 heterocycles. The normalized spacial score (nSPS) is 11.6. The topological polar surface area (TPSA) is 94.0 Å². The van der Waals surface area contributed by atoms with Gasteiger partial charge in [0.1, 0.15) is 11.6 Å². The number of aryl methyl sites for hydroxylation is 2. The van der Waals surface area contributed by atoms with Crippen molar-refractivity contribution in [2.45, 2.75) is 40.2 Å². The SMILES string of the molecule is CCCc1nc(C)c2c(=O)[nH]c(-c3cc(CN(CCOC)CCOC)ccc3OCC)nn12. The molecule has 180 valence electrons. The van der Waals surface area contributed by atoms with Gasteiger partial charge in [-0.25, -0.2) is 9.50 Å². The molecular formula is C24H35N5O4. The number of aromatic nitrogens is 4. The summed E-state index contributed by atoms with van der Waals surface area (Å²) in [5.74, 6) is 1.93. The molecular weight excluding hydrogens is 422 g/mol. The summed E-state index contributed by atoms with van der Waals surface area (Å²) in [7, 11) is 3.40. The molecule has 9 nitrogen and oxygen atoms in total. The zero-order chi connectivity index (χ0) is 23.8. The van der Waals surface area contributed by atoms with Crippen molar-refractivity contribution < 1.29 is 14.2 Å². The third kappa shape index (κ3) is 5.98. The Morgan fingerprint density at radius 2 is 1.85 bits per heavy atom.